The van der Waals surface area contributed by atoms with Crippen LogP contribution < -0.4 is 20.3 Å². The molecule has 4 heterocycles. The zero-order chi connectivity index (χ0) is 23.8. The lowest BCUT2D eigenvalue weighted by atomic mass is 10.1. The van der Waals surface area contributed by atoms with E-state index < -0.39 is 0 Å². The molecule has 2 aliphatic rings. The zero-order valence-corrected chi connectivity index (χ0v) is 19.2. The molecule has 0 spiro atoms. The third-order valence-electron chi connectivity index (χ3n) is 6.81. The Morgan fingerprint density at radius 1 is 0.857 bits per heavy atom. The summed E-state index contributed by atoms with van der Waals surface area (Å²) in [6.45, 7) is 1.67. The number of nitrogens with zero attached hydrogens (tertiary/aromatic N) is 5. The number of pyridine rings is 1. The van der Waals surface area contributed by atoms with Crippen LogP contribution in [0.5, 0.6) is 17.2 Å². The fourth-order valence-corrected chi connectivity index (χ4v) is 5.24. The molecule has 8 nitrogen and oxygen atoms in total. The highest BCUT2D eigenvalue weighted by Crippen LogP contribution is 2.40. The zero-order valence-electron chi connectivity index (χ0n) is 19.2. The van der Waals surface area contributed by atoms with Crippen molar-refractivity contribution in [2.75, 3.05) is 28.6 Å². The predicted molar refractivity (Wildman–Crippen MR) is 136 cm³/mol. The number of para-hydroxylation sites is 1. The number of fused-ring (bicyclic) bond motifs is 2. The summed E-state index contributed by atoms with van der Waals surface area (Å²) in [7, 11) is 0. The average molecular weight is 467 g/mol. The number of nitrogen functional groups attached to an aromatic ring is 1. The molecule has 4 aromatic rings. The molecule has 3 N–H and O–H groups in total. The number of benzene rings is 2. The minimum atomic E-state index is 0.177. The summed E-state index contributed by atoms with van der Waals surface area (Å²) in [5, 5.41) is 18.7. The minimum Gasteiger partial charge on any atom is -0.507 e. The number of rotatable bonds is 5. The maximum atomic E-state index is 10.3. The van der Waals surface area contributed by atoms with E-state index in [0.717, 1.165) is 43.1 Å². The van der Waals surface area contributed by atoms with Gasteiger partial charge in [0.15, 0.2) is 5.82 Å². The monoisotopic (exact) mass is 466 g/mol. The first-order valence-corrected chi connectivity index (χ1v) is 11.8. The number of phenols is 1. The lowest BCUT2D eigenvalue weighted by Gasteiger charge is -2.43. The van der Waals surface area contributed by atoms with E-state index in [2.05, 4.69) is 37.1 Å². The van der Waals surface area contributed by atoms with Crippen LogP contribution in [0.2, 0.25) is 0 Å². The third-order valence-corrected chi connectivity index (χ3v) is 6.81. The largest absolute Gasteiger partial charge is 0.507 e. The maximum Gasteiger partial charge on any atom is 0.169 e. The summed E-state index contributed by atoms with van der Waals surface area (Å²) in [5.74, 6) is 2.16. The van der Waals surface area contributed by atoms with Crippen molar-refractivity contribution in [2.45, 2.75) is 24.9 Å². The van der Waals surface area contributed by atoms with Gasteiger partial charge in [0.05, 0.1) is 11.4 Å². The molecule has 0 aliphatic carbocycles. The molecule has 0 amide bonds. The van der Waals surface area contributed by atoms with Gasteiger partial charge in [0.25, 0.3) is 0 Å². The SMILES string of the molecule is Nc1nnc(-c2ccccc2O)cc1N1CC2CCC(C1)N2c1cccc(Oc2ccncc2)c1. The van der Waals surface area contributed by atoms with Gasteiger partial charge in [-0.2, -0.15) is 0 Å². The molecule has 35 heavy (non-hydrogen) atoms. The highest BCUT2D eigenvalue weighted by atomic mass is 16.5. The molecule has 2 aliphatic heterocycles. The van der Waals surface area contributed by atoms with Crippen molar-refractivity contribution in [1.82, 2.24) is 15.2 Å². The molecule has 2 unspecified atom stereocenters. The third kappa shape index (κ3) is 4.07. The number of ether oxygens (including phenoxy) is 1. The van der Waals surface area contributed by atoms with Crippen LogP contribution in [0.4, 0.5) is 17.2 Å². The Labute approximate surface area is 203 Å². The van der Waals surface area contributed by atoms with Crippen molar-refractivity contribution in [1.29, 1.82) is 0 Å². The van der Waals surface area contributed by atoms with Gasteiger partial charge in [0, 0.05) is 54.9 Å². The lowest BCUT2D eigenvalue weighted by Crippen LogP contribution is -2.54. The van der Waals surface area contributed by atoms with Gasteiger partial charge in [-0.1, -0.05) is 18.2 Å². The van der Waals surface area contributed by atoms with Crippen molar-refractivity contribution in [3.05, 3.63) is 79.1 Å². The second-order valence-electron chi connectivity index (χ2n) is 9.00. The smallest absolute Gasteiger partial charge is 0.169 e. The Morgan fingerprint density at radius 2 is 1.63 bits per heavy atom. The van der Waals surface area contributed by atoms with Gasteiger partial charge in [-0.15, -0.1) is 10.2 Å². The van der Waals surface area contributed by atoms with Crippen LogP contribution in [0.1, 0.15) is 12.8 Å². The molecule has 0 radical (unpaired) electrons. The molecule has 2 bridgehead atoms. The van der Waals surface area contributed by atoms with Crippen molar-refractivity contribution >= 4 is 17.2 Å². The first-order chi connectivity index (χ1) is 17.2. The molecule has 8 heteroatoms. The van der Waals surface area contributed by atoms with E-state index in [0.29, 0.717) is 29.2 Å². The summed E-state index contributed by atoms with van der Waals surface area (Å²) >= 11 is 0. The van der Waals surface area contributed by atoms with Crippen molar-refractivity contribution in [2.24, 2.45) is 0 Å². The highest BCUT2D eigenvalue weighted by molar-refractivity contribution is 5.74. The summed E-state index contributed by atoms with van der Waals surface area (Å²) in [6, 6.07) is 21.8. The Hall–Kier alpha value is -4.33. The van der Waals surface area contributed by atoms with Gasteiger partial charge in [0.2, 0.25) is 0 Å². The molecular weight excluding hydrogens is 440 g/mol. The van der Waals surface area contributed by atoms with Crippen molar-refractivity contribution < 1.29 is 9.84 Å². The standard InChI is InChI=1S/C27H26N6O2/c28-27-25(15-24(30-31-27)23-6-1-2-7-26(23)34)32-16-19-8-9-20(17-32)33(19)18-4-3-5-22(14-18)35-21-10-12-29-13-11-21/h1-7,10-15,19-20,34H,8-9,16-17H2,(H2,28,31). The number of piperazine rings is 1. The van der Waals surface area contributed by atoms with E-state index in [1.165, 1.54) is 5.69 Å². The van der Waals surface area contributed by atoms with Crippen LogP contribution in [-0.4, -0.2) is 45.5 Å². The number of phenolic OH excluding ortho intramolecular Hbond substituents is 1. The van der Waals surface area contributed by atoms with Crippen LogP contribution in [0.3, 0.4) is 0 Å². The molecule has 6 rings (SSSR count). The average Bonchev–Trinajstić information content (AvgIpc) is 3.15. The summed E-state index contributed by atoms with van der Waals surface area (Å²) < 4.78 is 6.04. The number of hydrogen-bond donors (Lipinski definition) is 2. The summed E-state index contributed by atoms with van der Waals surface area (Å²) in [6.07, 6.45) is 5.68. The molecule has 2 aromatic carbocycles. The molecule has 2 aromatic heterocycles. The number of aromatic hydroxyl groups is 1. The Morgan fingerprint density at radius 3 is 2.40 bits per heavy atom. The van der Waals surface area contributed by atoms with Gasteiger partial charge < -0.3 is 25.4 Å². The van der Waals surface area contributed by atoms with Gasteiger partial charge in [-0.05, 0) is 55.3 Å². The van der Waals surface area contributed by atoms with Gasteiger partial charge in [-0.3, -0.25) is 4.98 Å². The van der Waals surface area contributed by atoms with Crippen molar-refractivity contribution in [3.8, 4) is 28.5 Å². The van der Waals surface area contributed by atoms with E-state index in [4.69, 9.17) is 10.5 Å². The van der Waals surface area contributed by atoms with E-state index in [9.17, 15) is 5.11 Å². The second kappa shape index (κ2) is 8.79. The molecule has 2 atom stereocenters. The fourth-order valence-electron chi connectivity index (χ4n) is 5.24. The second-order valence-corrected chi connectivity index (χ2v) is 9.00. The topological polar surface area (TPSA) is 101 Å². The van der Waals surface area contributed by atoms with Crippen LogP contribution in [0, 0.1) is 0 Å². The van der Waals surface area contributed by atoms with Gasteiger partial charge >= 0.3 is 0 Å². The first kappa shape index (κ1) is 21.2. The molecule has 176 valence electrons. The summed E-state index contributed by atoms with van der Waals surface area (Å²) in [5.41, 5.74) is 9.57. The Bertz CT molecular complexity index is 1330. The predicted octanol–water partition coefficient (Wildman–Crippen LogP) is 4.48. The number of hydrogen-bond acceptors (Lipinski definition) is 8. The number of nitrogens with two attached hydrogens (primary N) is 1. The van der Waals surface area contributed by atoms with E-state index in [1.807, 2.05) is 42.5 Å². The van der Waals surface area contributed by atoms with Gasteiger partial charge in [-0.25, -0.2) is 0 Å². The van der Waals surface area contributed by atoms with Crippen LogP contribution in [-0.2, 0) is 0 Å². The van der Waals surface area contributed by atoms with E-state index in [-0.39, 0.29) is 5.75 Å². The minimum absolute atomic E-state index is 0.177. The van der Waals surface area contributed by atoms with E-state index >= 15 is 0 Å². The molecular formula is C27H26N6O2. The number of aromatic nitrogens is 3. The fraction of sp³-hybridized carbons (Fsp3) is 0.222. The van der Waals surface area contributed by atoms with Gasteiger partial charge in [0.1, 0.15) is 17.2 Å². The summed E-state index contributed by atoms with van der Waals surface area (Å²) in [4.78, 5) is 8.88. The van der Waals surface area contributed by atoms with Crippen LogP contribution >= 0.6 is 0 Å². The van der Waals surface area contributed by atoms with Crippen LogP contribution in [0.25, 0.3) is 11.3 Å². The highest BCUT2D eigenvalue weighted by Gasteiger charge is 2.40. The van der Waals surface area contributed by atoms with Crippen LogP contribution in [0.15, 0.2) is 79.1 Å². The molecule has 2 saturated heterocycles. The lowest BCUT2D eigenvalue weighted by molar-refractivity contribution is 0.477. The quantitative estimate of drug-likeness (QED) is 0.444. The Kier molecular flexibility index (Phi) is 5.33. The van der Waals surface area contributed by atoms with E-state index in [1.54, 1.807) is 24.5 Å². The number of anilines is 3. The first-order valence-electron chi connectivity index (χ1n) is 11.8. The van der Waals surface area contributed by atoms with Crippen molar-refractivity contribution in [3.63, 3.8) is 0 Å². The Balaban J connectivity index is 1.24. The normalized spacial score (nSPS) is 19.1. The molecule has 2 fully saturated rings. The maximum absolute atomic E-state index is 10.3. The molecule has 0 saturated carbocycles.